The second-order valence-corrected chi connectivity index (χ2v) is 7.50. The van der Waals surface area contributed by atoms with Crippen LogP contribution < -0.4 is 10.6 Å². The summed E-state index contributed by atoms with van der Waals surface area (Å²) < 4.78 is 14.6. The molecule has 4 aromatic rings. The molecular weight excluding hydrogens is 435 g/mol. The van der Waals surface area contributed by atoms with E-state index in [-0.39, 0.29) is 11.6 Å². The molecule has 0 saturated heterocycles. The fourth-order valence-corrected chi connectivity index (χ4v) is 3.66. The van der Waals surface area contributed by atoms with E-state index < -0.39 is 11.8 Å². The van der Waals surface area contributed by atoms with Crippen LogP contribution in [-0.2, 0) is 0 Å². The maximum atomic E-state index is 14.0. The molecule has 0 aliphatic heterocycles. The number of benzene rings is 2. The SMILES string of the molecule is O=C(NC[C@H](c1cccnc1)c1c[nH]c2ccccc12)Nc1ccc(Br)cc1F. The summed E-state index contributed by atoms with van der Waals surface area (Å²) in [6.45, 7) is 0.331. The zero-order valence-electron chi connectivity index (χ0n) is 15.3. The number of hydrogen-bond donors (Lipinski definition) is 3. The molecule has 3 N–H and O–H groups in total. The first-order chi connectivity index (χ1) is 14.1. The third-order valence-electron chi connectivity index (χ3n) is 4.73. The van der Waals surface area contributed by atoms with Crippen molar-refractivity contribution in [2.75, 3.05) is 11.9 Å². The van der Waals surface area contributed by atoms with E-state index >= 15 is 0 Å². The van der Waals surface area contributed by atoms with E-state index in [9.17, 15) is 9.18 Å². The number of carbonyl (C=O) groups is 1. The van der Waals surface area contributed by atoms with Gasteiger partial charge in [0.2, 0.25) is 0 Å². The number of hydrogen-bond acceptors (Lipinski definition) is 2. The fourth-order valence-electron chi connectivity index (χ4n) is 3.32. The number of urea groups is 1. The molecule has 0 radical (unpaired) electrons. The van der Waals surface area contributed by atoms with E-state index in [1.54, 1.807) is 18.5 Å². The molecule has 0 aliphatic rings. The quantitative estimate of drug-likeness (QED) is 0.378. The van der Waals surface area contributed by atoms with Gasteiger partial charge in [-0.2, -0.15) is 0 Å². The van der Waals surface area contributed by atoms with Crippen LogP contribution in [0.1, 0.15) is 17.0 Å². The van der Waals surface area contributed by atoms with Crippen molar-refractivity contribution in [2.24, 2.45) is 0 Å². The number of amides is 2. The molecule has 1 atom stereocenters. The van der Waals surface area contributed by atoms with Crippen LogP contribution in [0.4, 0.5) is 14.9 Å². The third kappa shape index (κ3) is 4.30. The topological polar surface area (TPSA) is 69.8 Å². The fraction of sp³-hybridized carbons (Fsp3) is 0.0909. The molecular formula is C22H18BrFN4O. The lowest BCUT2D eigenvalue weighted by molar-refractivity contribution is 0.251. The monoisotopic (exact) mass is 452 g/mol. The first-order valence-electron chi connectivity index (χ1n) is 9.07. The van der Waals surface area contributed by atoms with Crippen LogP contribution in [0.25, 0.3) is 10.9 Å². The summed E-state index contributed by atoms with van der Waals surface area (Å²) in [6, 6.07) is 15.9. The molecule has 0 unspecified atom stereocenters. The maximum Gasteiger partial charge on any atom is 0.319 e. The molecule has 7 heteroatoms. The highest BCUT2D eigenvalue weighted by atomic mass is 79.9. The summed E-state index contributed by atoms with van der Waals surface area (Å²) >= 11 is 3.20. The number of H-pyrrole nitrogens is 1. The average molecular weight is 453 g/mol. The number of pyridine rings is 1. The first kappa shape index (κ1) is 19.1. The van der Waals surface area contributed by atoms with Gasteiger partial charge in [0.25, 0.3) is 0 Å². The van der Waals surface area contributed by atoms with Crippen LogP contribution in [0.3, 0.4) is 0 Å². The number of halogens is 2. The summed E-state index contributed by atoms with van der Waals surface area (Å²) in [6.07, 6.45) is 5.46. The number of para-hydroxylation sites is 1. The van der Waals surface area contributed by atoms with Gasteiger partial charge in [0, 0.05) is 46.4 Å². The number of nitrogens with one attached hydrogen (secondary N) is 3. The molecule has 2 aromatic heterocycles. The number of rotatable bonds is 5. The predicted octanol–water partition coefficient (Wildman–Crippen LogP) is 5.42. The van der Waals surface area contributed by atoms with Crippen molar-refractivity contribution in [3.05, 3.63) is 94.6 Å². The number of aromatic amines is 1. The maximum absolute atomic E-state index is 14.0. The average Bonchev–Trinajstić information content (AvgIpc) is 3.15. The molecule has 29 heavy (non-hydrogen) atoms. The molecule has 2 aromatic carbocycles. The van der Waals surface area contributed by atoms with Gasteiger partial charge in [0.1, 0.15) is 5.82 Å². The Hall–Kier alpha value is -3.19. The van der Waals surface area contributed by atoms with Crippen molar-refractivity contribution in [2.45, 2.75) is 5.92 Å². The van der Waals surface area contributed by atoms with Gasteiger partial charge >= 0.3 is 6.03 Å². The van der Waals surface area contributed by atoms with Crippen LogP contribution >= 0.6 is 15.9 Å². The van der Waals surface area contributed by atoms with Crippen molar-refractivity contribution in [3.8, 4) is 0 Å². The zero-order chi connectivity index (χ0) is 20.2. The van der Waals surface area contributed by atoms with Crippen molar-refractivity contribution in [1.29, 1.82) is 0 Å². The Bertz CT molecular complexity index is 1150. The summed E-state index contributed by atoms with van der Waals surface area (Å²) in [5, 5.41) is 6.50. The molecule has 0 bridgehead atoms. The van der Waals surface area contributed by atoms with Gasteiger partial charge in [0.15, 0.2) is 0 Å². The van der Waals surface area contributed by atoms with Gasteiger partial charge in [-0.3, -0.25) is 4.98 Å². The normalized spacial score (nSPS) is 11.9. The lowest BCUT2D eigenvalue weighted by Gasteiger charge is -2.18. The minimum absolute atomic E-state index is 0.111. The largest absolute Gasteiger partial charge is 0.361 e. The van der Waals surface area contributed by atoms with Crippen molar-refractivity contribution in [3.63, 3.8) is 0 Å². The van der Waals surface area contributed by atoms with Crippen molar-refractivity contribution in [1.82, 2.24) is 15.3 Å². The van der Waals surface area contributed by atoms with Gasteiger partial charge in [-0.25, -0.2) is 9.18 Å². The number of aromatic nitrogens is 2. The molecule has 4 rings (SSSR count). The van der Waals surface area contributed by atoms with Crippen molar-refractivity contribution >= 4 is 38.6 Å². The lowest BCUT2D eigenvalue weighted by atomic mass is 9.92. The van der Waals surface area contributed by atoms with E-state index in [0.29, 0.717) is 11.0 Å². The summed E-state index contributed by atoms with van der Waals surface area (Å²) in [7, 11) is 0. The van der Waals surface area contributed by atoms with Gasteiger partial charge in [-0.05, 0) is 41.5 Å². The Balaban J connectivity index is 1.55. The predicted molar refractivity (Wildman–Crippen MR) is 116 cm³/mol. The standard InChI is InChI=1S/C22H18BrFN4O/c23-15-7-8-21(19(24)10-15)28-22(29)27-12-17(14-4-3-9-25-11-14)18-13-26-20-6-2-1-5-16(18)20/h1-11,13,17,26H,12H2,(H2,27,28,29)/t17-/m1/s1. The Morgan fingerprint density at radius 2 is 2.03 bits per heavy atom. The summed E-state index contributed by atoms with van der Waals surface area (Å²) in [4.78, 5) is 19.9. The number of carbonyl (C=O) groups excluding carboxylic acids is 1. The van der Waals surface area contributed by atoms with Crippen molar-refractivity contribution < 1.29 is 9.18 Å². The number of nitrogens with zero attached hydrogens (tertiary/aromatic N) is 1. The van der Waals surface area contributed by atoms with Gasteiger partial charge in [-0.15, -0.1) is 0 Å². The third-order valence-corrected chi connectivity index (χ3v) is 5.22. The summed E-state index contributed by atoms with van der Waals surface area (Å²) in [5.41, 5.74) is 3.18. The highest BCUT2D eigenvalue weighted by Gasteiger charge is 2.19. The van der Waals surface area contributed by atoms with E-state index in [2.05, 4.69) is 36.5 Å². The highest BCUT2D eigenvalue weighted by molar-refractivity contribution is 9.10. The van der Waals surface area contributed by atoms with Crippen LogP contribution in [0.2, 0.25) is 0 Å². The number of fused-ring (bicyclic) bond motifs is 1. The molecule has 0 aliphatic carbocycles. The highest BCUT2D eigenvalue weighted by Crippen LogP contribution is 2.30. The second-order valence-electron chi connectivity index (χ2n) is 6.59. The minimum atomic E-state index is -0.505. The molecule has 0 saturated carbocycles. The second kappa shape index (κ2) is 8.45. The van der Waals surface area contributed by atoms with E-state index in [0.717, 1.165) is 22.0 Å². The molecule has 2 amide bonds. The van der Waals surface area contributed by atoms with Crippen LogP contribution in [0.15, 0.2) is 77.7 Å². The van der Waals surface area contributed by atoms with E-state index in [1.807, 2.05) is 42.6 Å². The molecule has 146 valence electrons. The molecule has 0 spiro atoms. The van der Waals surface area contributed by atoms with E-state index in [4.69, 9.17) is 0 Å². The zero-order valence-corrected chi connectivity index (χ0v) is 16.9. The van der Waals surface area contributed by atoms with Crippen LogP contribution in [0, 0.1) is 5.82 Å². The molecule has 5 nitrogen and oxygen atoms in total. The Morgan fingerprint density at radius 1 is 1.17 bits per heavy atom. The Kier molecular flexibility index (Phi) is 5.57. The van der Waals surface area contributed by atoms with Gasteiger partial charge in [0.05, 0.1) is 5.69 Å². The summed E-state index contributed by atoms with van der Waals surface area (Å²) in [5.74, 6) is -0.615. The lowest BCUT2D eigenvalue weighted by Crippen LogP contribution is -2.33. The smallest absolute Gasteiger partial charge is 0.319 e. The van der Waals surface area contributed by atoms with Gasteiger partial charge < -0.3 is 15.6 Å². The number of anilines is 1. The van der Waals surface area contributed by atoms with Crippen LogP contribution in [0.5, 0.6) is 0 Å². The Morgan fingerprint density at radius 3 is 2.83 bits per heavy atom. The van der Waals surface area contributed by atoms with Crippen LogP contribution in [-0.4, -0.2) is 22.5 Å². The first-order valence-corrected chi connectivity index (χ1v) is 9.87. The van der Waals surface area contributed by atoms with Gasteiger partial charge in [-0.1, -0.05) is 40.2 Å². The minimum Gasteiger partial charge on any atom is -0.361 e. The van der Waals surface area contributed by atoms with E-state index in [1.165, 1.54) is 12.1 Å². The molecule has 2 heterocycles. The Labute approximate surface area is 175 Å². The molecule has 0 fully saturated rings.